The first-order valence-corrected chi connectivity index (χ1v) is 10.6. The van der Waals surface area contributed by atoms with Crippen LogP contribution >= 0.6 is 0 Å². The number of fused-ring (bicyclic) bond motifs is 2. The Hall–Kier alpha value is -2.94. The summed E-state index contributed by atoms with van der Waals surface area (Å²) in [6.45, 7) is 1.89. The van der Waals surface area contributed by atoms with E-state index in [-0.39, 0.29) is 18.1 Å². The van der Waals surface area contributed by atoms with Gasteiger partial charge < -0.3 is 20.9 Å². The summed E-state index contributed by atoms with van der Waals surface area (Å²) in [6.07, 6.45) is 7.45. The highest BCUT2D eigenvalue weighted by Gasteiger charge is 2.50. The van der Waals surface area contributed by atoms with E-state index in [2.05, 4.69) is 25.9 Å². The van der Waals surface area contributed by atoms with E-state index in [0.717, 1.165) is 42.4 Å². The van der Waals surface area contributed by atoms with Crippen LogP contribution < -0.4 is 20.7 Å². The molecule has 0 atom stereocenters. The molecule has 0 radical (unpaired) electrons. The van der Waals surface area contributed by atoms with Crippen molar-refractivity contribution in [3.05, 3.63) is 35.3 Å². The average molecular weight is 411 g/mol. The van der Waals surface area contributed by atoms with Crippen molar-refractivity contribution in [1.82, 2.24) is 15.3 Å². The minimum Gasteiger partial charge on any atom is -0.393 e. The number of rotatable bonds is 4. The van der Waals surface area contributed by atoms with Crippen molar-refractivity contribution in [3.63, 3.8) is 0 Å². The van der Waals surface area contributed by atoms with Gasteiger partial charge in [-0.15, -0.1) is 0 Å². The molecule has 2 aromatic heterocycles. The summed E-state index contributed by atoms with van der Waals surface area (Å²) in [6, 6.07) is 3.74. The second-order valence-corrected chi connectivity index (χ2v) is 8.72. The number of carbonyl (C=O) groups excluding carboxylic acids is 1. The molecule has 1 amide bonds. The maximum absolute atomic E-state index is 12.7. The van der Waals surface area contributed by atoms with Gasteiger partial charge in [0.25, 0.3) is 5.91 Å². The molecule has 0 saturated heterocycles. The topological polar surface area (TPSA) is 123 Å². The number of aliphatic hydroxyl groups excluding tert-OH is 1. The van der Waals surface area contributed by atoms with Gasteiger partial charge in [0, 0.05) is 18.2 Å². The zero-order valence-corrected chi connectivity index (χ0v) is 17.0. The second kappa shape index (κ2) is 7.09. The fourth-order valence-corrected chi connectivity index (χ4v) is 4.98. The van der Waals surface area contributed by atoms with Gasteiger partial charge in [0.1, 0.15) is 17.7 Å². The summed E-state index contributed by atoms with van der Waals surface area (Å²) < 4.78 is 1.11. The molecule has 9 nitrogen and oxygen atoms in total. The molecular weight excluding hydrogens is 384 g/mol. The number of carbonyl (C=O) groups is 1. The molecule has 158 valence electrons. The third-order valence-electron chi connectivity index (χ3n) is 6.55. The van der Waals surface area contributed by atoms with Crippen LogP contribution in [-0.4, -0.2) is 38.3 Å². The predicted molar refractivity (Wildman–Crippen MR) is 109 cm³/mol. The number of nitrogens with one attached hydrogen (secondary N) is 3. The van der Waals surface area contributed by atoms with Gasteiger partial charge in [0.15, 0.2) is 5.69 Å². The first-order chi connectivity index (χ1) is 14.4. The largest absolute Gasteiger partial charge is 0.393 e. The van der Waals surface area contributed by atoms with Gasteiger partial charge in [-0.2, -0.15) is 4.98 Å². The van der Waals surface area contributed by atoms with Crippen LogP contribution in [0.5, 0.6) is 0 Å². The minimum absolute atomic E-state index is 0.116. The smallest absolute Gasteiger partial charge is 0.320 e. The fourth-order valence-electron chi connectivity index (χ4n) is 4.98. The molecule has 2 fully saturated rings. The van der Waals surface area contributed by atoms with Gasteiger partial charge in [-0.05, 0) is 42.9 Å². The van der Waals surface area contributed by atoms with E-state index in [1.807, 2.05) is 6.92 Å². The van der Waals surface area contributed by atoms with Crippen LogP contribution in [0.2, 0.25) is 0 Å². The summed E-state index contributed by atoms with van der Waals surface area (Å²) in [5.74, 6) is 1.53. The lowest BCUT2D eigenvalue weighted by Crippen LogP contribution is -2.50. The molecule has 3 heterocycles. The van der Waals surface area contributed by atoms with Crippen molar-refractivity contribution in [2.45, 2.75) is 69.6 Å². The molecule has 30 heavy (non-hydrogen) atoms. The molecular formula is C21H27N6O3+. The molecule has 9 heteroatoms. The van der Waals surface area contributed by atoms with Gasteiger partial charge in [-0.25, -0.2) is 10.3 Å². The zero-order valence-electron chi connectivity index (χ0n) is 17.0. The summed E-state index contributed by atoms with van der Waals surface area (Å²) in [7, 11) is 0. The normalized spacial score (nSPS) is 24.1. The molecule has 1 aliphatic heterocycles. The number of hydrogen-bond acceptors (Lipinski definition) is 7. The number of hydrogen-bond donors (Lipinski definition) is 5. The molecule has 2 aliphatic carbocycles. The van der Waals surface area contributed by atoms with Crippen LogP contribution in [-0.2, 0) is 5.54 Å². The highest BCUT2D eigenvalue weighted by Crippen LogP contribution is 2.42. The third kappa shape index (κ3) is 3.13. The zero-order chi connectivity index (χ0) is 20.9. The Bertz CT molecular complexity index is 998. The van der Waals surface area contributed by atoms with Crippen molar-refractivity contribution >= 4 is 23.4 Å². The molecule has 0 bridgehead atoms. The molecule has 5 N–H and O–H groups in total. The van der Waals surface area contributed by atoms with E-state index in [1.54, 1.807) is 12.1 Å². The predicted octanol–water partition coefficient (Wildman–Crippen LogP) is 1.89. The Morgan fingerprint density at radius 1 is 1.17 bits per heavy atom. The first-order valence-electron chi connectivity index (χ1n) is 10.6. The number of amides is 1. The van der Waals surface area contributed by atoms with Crippen LogP contribution in [0.1, 0.15) is 66.6 Å². The average Bonchev–Trinajstić information content (AvgIpc) is 2.97. The molecule has 0 aromatic carbocycles. The van der Waals surface area contributed by atoms with Gasteiger partial charge in [-0.1, -0.05) is 19.3 Å². The number of pyridine rings is 1. The van der Waals surface area contributed by atoms with Crippen molar-refractivity contribution in [3.8, 4) is 0 Å². The summed E-state index contributed by atoms with van der Waals surface area (Å²) in [4.78, 5) is 21.2. The molecule has 2 aromatic rings. The van der Waals surface area contributed by atoms with Gasteiger partial charge >= 0.3 is 5.82 Å². The maximum Gasteiger partial charge on any atom is 0.320 e. The highest BCUT2D eigenvalue weighted by molar-refractivity contribution is 6.00. The number of aliphatic hydroxyl groups is 1. The Labute approximate surface area is 174 Å². The van der Waals surface area contributed by atoms with E-state index in [9.17, 15) is 15.1 Å². The molecule has 5 rings (SSSR count). The van der Waals surface area contributed by atoms with Crippen LogP contribution in [0.25, 0.3) is 0 Å². The lowest BCUT2D eigenvalue weighted by atomic mass is 9.79. The van der Waals surface area contributed by atoms with Gasteiger partial charge in [-0.3, -0.25) is 4.79 Å². The molecule has 1 spiro atoms. The van der Waals surface area contributed by atoms with Crippen LogP contribution in [0.4, 0.5) is 17.5 Å². The van der Waals surface area contributed by atoms with E-state index < -0.39 is 5.54 Å². The van der Waals surface area contributed by atoms with Crippen LogP contribution in [0, 0.1) is 6.92 Å². The molecule has 2 saturated carbocycles. The summed E-state index contributed by atoms with van der Waals surface area (Å²) in [5.41, 5.74) is 1.52. The summed E-state index contributed by atoms with van der Waals surface area (Å²) >= 11 is 0. The number of nitrogens with zero attached hydrogens (tertiary/aromatic N) is 3. The Kier molecular flexibility index (Phi) is 4.50. The van der Waals surface area contributed by atoms with Crippen LogP contribution in [0.15, 0.2) is 18.5 Å². The highest BCUT2D eigenvalue weighted by atomic mass is 16.5. The Morgan fingerprint density at radius 3 is 2.63 bits per heavy atom. The first kappa shape index (κ1) is 19.0. The SMILES string of the molecule is Cc1cc(Nc2cc(NC3CC(O)C3)ncn2)[n+](O)c2c1C(=O)NC21CCCCC1. The van der Waals surface area contributed by atoms with Gasteiger partial charge in [0.05, 0.1) is 11.7 Å². The van der Waals surface area contributed by atoms with Crippen molar-refractivity contribution in [2.75, 3.05) is 10.6 Å². The van der Waals surface area contributed by atoms with E-state index in [4.69, 9.17) is 0 Å². The van der Waals surface area contributed by atoms with Crippen LogP contribution in [0.3, 0.4) is 0 Å². The fraction of sp³-hybridized carbons (Fsp3) is 0.524. The number of aryl methyl sites for hydroxylation is 1. The lowest BCUT2D eigenvalue weighted by Gasteiger charge is -2.32. The quantitative estimate of drug-likeness (QED) is 0.384. The minimum atomic E-state index is -0.509. The number of anilines is 3. The van der Waals surface area contributed by atoms with Crippen molar-refractivity contribution < 1.29 is 19.8 Å². The monoisotopic (exact) mass is 411 g/mol. The van der Waals surface area contributed by atoms with Gasteiger partial charge in [0.2, 0.25) is 5.82 Å². The second-order valence-electron chi connectivity index (χ2n) is 8.72. The van der Waals surface area contributed by atoms with E-state index >= 15 is 0 Å². The Balaban J connectivity index is 1.46. The molecule has 3 aliphatic rings. The standard InChI is InChI=1S/C21H26N6O3/c1-12-7-17(25-16-10-15(22-11-23-16)24-13-8-14(28)9-13)27(30)19-18(12)20(29)26-21(19)5-3-2-4-6-21/h7,10-11,13-14,28,30H,2-6,8-9H2,1H3,(H2,22,23,24,26,29)/p+1. The summed E-state index contributed by atoms with van der Waals surface area (Å²) in [5, 5.41) is 30.2. The van der Waals surface area contributed by atoms with E-state index in [1.165, 1.54) is 6.33 Å². The third-order valence-corrected chi connectivity index (χ3v) is 6.55. The number of aromatic nitrogens is 3. The van der Waals surface area contributed by atoms with Crippen molar-refractivity contribution in [1.29, 1.82) is 0 Å². The Morgan fingerprint density at radius 2 is 1.90 bits per heavy atom. The van der Waals surface area contributed by atoms with E-state index in [0.29, 0.717) is 41.6 Å². The molecule has 0 unspecified atom stereocenters. The lowest BCUT2D eigenvalue weighted by molar-refractivity contribution is -0.900. The maximum atomic E-state index is 12.7. The van der Waals surface area contributed by atoms with Crippen molar-refractivity contribution in [2.24, 2.45) is 0 Å².